The second-order valence-electron chi connectivity index (χ2n) is 10.00. The Bertz CT molecular complexity index is 864. The van der Waals surface area contributed by atoms with Crippen molar-refractivity contribution in [2.45, 2.75) is 46.1 Å². The van der Waals surface area contributed by atoms with E-state index in [0.29, 0.717) is 5.92 Å². The van der Waals surface area contributed by atoms with Crippen LogP contribution in [-0.4, -0.2) is 49.1 Å². The van der Waals surface area contributed by atoms with Gasteiger partial charge in [0, 0.05) is 31.9 Å². The zero-order valence-electron chi connectivity index (χ0n) is 20.2. The molecule has 0 aliphatic carbocycles. The van der Waals surface area contributed by atoms with Gasteiger partial charge in [0.1, 0.15) is 0 Å². The molecule has 0 spiro atoms. The molecule has 2 heterocycles. The van der Waals surface area contributed by atoms with Gasteiger partial charge in [-0.2, -0.15) is 0 Å². The summed E-state index contributed by atoms with van der Waals surface area (Å²) in [6.45, 7) is 17.0. The van der Waals surface area contributed by atoms with Crippen LogP contribution in [0.15, 0.2) is 55.1 Å². The predicted octanol–water partition coefficient (Wildman–Crippen LogP) is 5.22. The SMILES string of the molecule is C=C(NCC(C)CN1CCc2ccccc2C1)c1ccc(CC2CCN(CC)CC2)cc1. The molecule has 1 unspecified atom stereocenters. The zero-order valence-corrected chi connectivity index (χ0v) is 20.2. The second-order valence-corrected chi connectivity index (χ2v) is 10.00. The van der Waals surface area contributed by atoms with E-state index in [0.717, 1.165) is 31.2 Å². The van der Waals surface area contributed by atoms with Crippen molar-refractivity contribution in [3.63, 3.8) is 0 Å². The molecular weight excluding hydrogens is 390 g/mol. The summed E-state index contributed by atoms with van der Waals surface area (Å²) >= 11 is 0. The Balaban J connectivity index is 1.19. The standard InChI is InChI=1S/C29H41N3/c1-4-31-16-13-26(14-17-31)19-25-9-11-27(12-10-25)24(3)30-20-23(2)21-32-18-15-28-7-5-6-8-29(28)22-32/h5-12,23,26,30H,3-4,13-22H2,1-2H3. The minimum Gasteiger partial charge on any atom is -0.385 e. The van der Waals surface area contributed by atoms with Gasteiger partial charge in [0.15, 0.2) is 0 Å². The molecule has 2 aliphatic heterocycles. The van der Waals surface area contributed by atoms with E-state index >= 15 is 0 Å². The third-order valence-electron chi connectivity index (χ3n) is 7.42. The van der Waals surface area contributed by atoms with Crippen LogP contribution in [0.4, 0.5) is 0 Å². The van der Waals surface area contributed by atoms with Gasteiger partial charge in [-0.15, -0.1) is 0 Å². The summed E-state index contributed by atoms with van der Waals surface area (Å²) in [7, 11) is 0. The summed E-state index contributed by atoms with van der Waals surface area (Å²) in [6.07, 6.45) is 5.07. The number of fused-ring (bicyclic) bond motifs is 1. The third kappa shape index (κ3) is 6.24. The van der Waals surface area contributed by atoms with Crippen LogP contribution in [0.1, 0.15) is 48.9 Å². The normalized spacial score (nSPS) is 18.8. The van der Waals surface area contributed by atoms with Crippen LogP contribution in [0.25, 0.3) is 5.70 Å². The summed E-state index contributed by atoms with van der Waals surface area (Å²) in [6, 6.07) is 18.0. The molecule has 1 N–H and O–H groups in total. The molecule has 0 saturated carbocycles. The van der Waals surface area contributed by atoms with Gasteiger partial charge in [0.2, 0.25) is 0 Å². The Morgan fingerprint density at radius 3 is 2.44 bits per heavy atom. The molecular formula is C29H41N3. The fourth-order valence-electron chi connectivity index (χ4n) is 5.30. The van der Waals surface area contributed by atoms with Crippen molar-refractivity contribution in [2.24, 2.45) is 11.8 Å². The van der Waals surface area contributed by atoms with Crippen LogP contribution in [0.3, 0.4) is 0 Å². The summed E-state index contributed by atoms with van der Waals surface area (Å²) in [5, 5.41) is 3.59. The average Bonchev–Trinajstić information content (AvgIpc) is 2.83. The van der Waals surface area contributed by atoms with Crippen molar-refractivity contribution in [3.8, 4) is 0 Å². The molecule has 2 aromatic rings. The third-order valence-corrected chi connectivity index (χ3v) is 7.42. The van der Waals surface area contributed by atoms with Gasteiger partial charge in [-0.25, -0.2) is 0 Å². The molecule has 1 atom stereocenters. The van der Waals surface area contributed by atoms with Gasteiger partial charge in [0.05, 0.1) is 0 Å². The number of rotatable bonds is 9. The lowest BCUT2D eigenvalue weighted by molar-refractivity contribution is 0.192. The van der Waals surface area contributed by atoms with Gasteiger partial charge >= 0.3 is 0 Å². The van der Waals surface area contributed by atoms with E-state index in [4.69, 9.17) is 0 Å². The summed E-state index contributed by atoms with van der Waals surface area (Å²) in [5.74, 6) is 1.43. The minimum absolute atomic E-state index is 0.588. The maximum atomic E-state index is 4.31. The van der Waals surface area contributed by atoms with Crippen LogP contribution in [-0.2, 0) is 19.4 Å². The highest BCUT2D eigenvalue weighted by atomic mass is 15.1. The van der Waals surface area contributed by atoms with Crippen molar-refractivity contribution in [2.75, 3.05) is 39.3 Å². The van der Waals surface area contributed by atoms with Gasteiger partial charge in [0.25, 0.3) is 0 Å². The van der Waals surface area contributed by atoms with Crippen LogP contribution in [0.2, 0.25) is 0 Å². The summed E-state index contributed by atoms with van der Waals surface area (Å²) < 4.78 is 0. The highest BCUT2D eigenvalue weighted by Crippen LogP contribution is 2.23. The monoisotopic (exact) mass is 431 g/mol. The predicted molar refractivity (Wildman–Crippen MR) is 137 cm³/mol. The smallest absolute Gasteiger partial charge is 0.0340 e. The molecule has 4 rings (SSSR count). The molecule has 3 nitrogen and oxygen atoms in total. The van der Waals surface area contributed by atoms with Crippen LogP contribution in [0.5, 0.6) is 0 Å². The van der Waals surface area contributed by atoms with E-state index in [2.05, 4.69) is 84.1 Å². The van der Waals surface area contributed by atoms with E-state index in [-0.39, 0.29) is 0 Å². The topological polar surface area (TPSA) is 18.5 Å². The number of hydrogen-bond donors (Lipinski definition) is 1. The number of hydrogen-bond acceptors (Lipinski definition) is 3. The van der Waals surface area contributed by atoms with E-state index < -0.39 is 0 Å². The number of nitrogens with one attached hydrogen (secondary N) is 1. The van der Waals surface area contributed by atoms with E-state index in [1.807, 2.05) is 0 Å². The van der Waals surface area contributed by atoms with Crippen LogP contribution < -0.4 is 5.32 Å². The number of nitrogens with zero attached hydrogens (tertiary/aromatic N) is 2. The molecule has 1 saturated heterocycles. The molecule has 0 amide bonds. The van der Waals surface area contributed by atoms with Crippen LogP contribution >= 0.6 is 0 Å². The first-order chi connectivity index (χ1) is 15.6. The number of likely N-dealkylation sites (tertiary alicyclic amines) is 1. The van der Waals surface area contributed by atoms with Crippen molar-refractivity contribution < 1.29 is 0 Å². The highest BCUT2D eigenvalue weighted by Gasteiger charge is 2.19. The van der Waals surface area contributed by atoms with Gasteiger partial charge in [-0.1, -0.05) is 69.0 Å². The lowest BCUT2D eigenvalue weighted by atomic mass is 9.90. The summed E-state index contributed by atoms with van der Waals surface area (Å²) in [4.78, 5) is 5.16. The van der Waals surface area contributed by atoms with Crippen molar-refractivity contribution in [3.05, 3.63) is 77.4 Å². The minimum atomic E-state index is 0.588. The van der Waals surface area contributed by atoms with Gasteiger partial charge in [-0.05, 0) is 79.4 Å². The molecule has 0 bridgehead atoms. The number of benzene rings is 2. The Kier molecular flexibility index (Phi) is 8.05. The average molecular weight is 432 g/mol. The Hall–Kier alpha value is -2.10. The first-order valence-electron chi connectivity index (χ1n) is 12.6. The van der Waals surface area contributed by atoms with Crippen LogP contribution in [0, 0.1) is 11.8 Å². The molecule has 3 heteroatoms. The van der Waals surface area contributed by atoms with E-state index in [1.165, 1.54) is 74.1 Å². The van der Waals surface area contributed by atoms with Crippen molar-refractivity contribution in [1.29, 1.82) is 0 Å². The van der Waals surface area contributed by atoms with Crippen molar-refractivity contribution >= 4 is 5.70 Å². The number of piperidine rings is 1. The van der Waals surface area contributed by atoms with Gasteiger partial charge < -0.3 is 10.2 Å². The molecule has 32 heavy (non-hydrogen) atoms. The molecule has 172 valence electrons. The highest BCUT2D eigenvalue weighted by molar-refractivity contribution is 5.61. The maximum absolute atomic E-state index is 4.31. The Morgan fingerprint density at radius 1 is 1.00 bits per heavy atom. The first-order valence-corrected chi connectivity index (χ1v) is 12.6. The quantitative estimate of drug-likeness (QED) is 0.587. The Labute approximate surface area is 195 Å². The largest absolute Gasteiger partial charge is 0.385 e. The first kappa shape index (κ1) is 23.1. The van der Waals surface area contributed by atoms with Gasteiger partial charge in [-0.3, -0.25) is 4.90 Å². The molecule has 0 radical (unpaired) electrons. The van der Waals surface area contributed by atoms with E-state index in [1.54, 1.807) is 0 Å². The molecule has 1 fully saturated rings. The fourth-order valence-corrected chi connectivity index (χ4v) is 5.30. The molecule has 0 aromatic heterocycles. The lowest BCUT2D eigenvalue weighted by Gasteiger charge is -2.31. The zero-order chi connectivity index (χ0) is 22.3. The molecule has 2 aliphatic rings. The maximum Gasteiger partial charge on any atom is 0.0340 e. The Morgan fingerprint density at radius 2 is 1.72 bits per heavy atom. The summed E-state index contributed by atoms with van der Waals surface area (Å²) in [5.41, 5.74) is 6.75. The lowest BCUT2D eigenvalue weighted by Crippen LogP contribution is -2.36. The van der Waals surface area contributed by atoms with Crippen molar-refractivity contribution in [1.82, 2.24) is 15.1 Å². The molecule has 2 aromatic carbocycles. The fraction of sp³-hybridized carbons (Fsp3) is 0.517. The van der Waals surface area contributed by atoms with E-state index in [9.17, 15) is 0 Å². The second kappa shape index (κ2) is 11.2.